The van der Waals surface area contributed by atoms with Crippen LogP contribution in [-0.4, -0.2) is 27.8 Å². The van der Waals surface area contributed by atoms with Gasteiger partial charge >= 0.3 is 5.97 Å². The lowest BCUT2D eigenvalue weighted by atomic mass is 10.1. The van der Waals surface area contributed by atoms with Crippen LogP contribution in [0.25, 0.3) is 0 Å². The van der Waals surface area contributed by atoms with Gasteiger partial charge in [0.25, 0.3) is 5.91 Å². The van der Waals surface area contributed by atoms with E-state index in [4.69, 9.17) is 16.3 Å². The zero-order chi connectivity index (χ0) is 20.3. The summed E-state index contributed by atoms with van der Waals surface area (Å²) in [4.78, 5) is 25.0. The molecule has 1 amide bonds. The number of esters is 1. The molecular weight excluding hydrogens is 366 g/mol. The number of nitrogens with one attached hydrogen (secondary N) is 1. The van der Waals surface area contributed by atoms with Gasteiger partial charge in [0.1, 0.15) is 10.7 Å². The fourth-order valence-corrected chi connectivity index (χ4v) is 2.95. The van der Waals surface area contributed by atoms with Gasteiger partial charge < -0.3 is 10.1 Å². The Morgan fingerprint density at radius 3 is 2.52 bits per heavy atom. The number of hydrogen-bond acceptors (Lipinski definition) is 4. The molecule has 0 saturated carbocycles. The molecule has 1 atom stereocenters. The largest absolute Gasteiger partial charge is 0.449 e. The number of carbonyl (C=O) groups excluding carboxylic acids is 2. The minimum absolute atomic E-state index is 0.198. The summed E-state index contributed by atoms with van der Waals surface area (Å²) in [5.41, 5.74) is 3.33. The molecule has 27 heavy (non-hydrogen) atoms. The lowest BCUT2D eigenvalue weighted by Gasteiger charge is -2.15. The SMILES string of the molecule is Cc1ccc(C)c(NC(=O)[C@@H](C)OC(=O)c2c(C)nn(CC(C)C)c2Cl)c1. The van der Waals surface area contributed by atoms with Crippen molar-refractivity contribution in [1.82, 2.24) is 9.78 Å². The Morgan fingerprint density at radius 1 is 1.22 bits per heavy atom. The monoisotopic (exact) mass is 391 g/mol. The van der Waals surface area contributed by atoms with Crippen LogP contribution in [0.4, 0.5) is 5.69 Å². The number of anilines is 1. The van der Waals surface area contributed by atoms with E-state index in [0.29, 0.717) is 23.8 Å². The molecule has 0 saturated heterocycles. The molecule has 146 valence electrons. The van der Waals surface area contributed by atoms with Gasteiger partial charge in [-0.05, 0) is 50.8 Å². The molecule has 2 aromatic rings. The number of aryl methyl sites for hydroxylation is 3. The van der Waals surface area contributed by atoms with Crippen molar-refractivity contribution in [3.8, 4) is 0 Å². The second kappa shape index (κ2) is 8.57. The van der Waals surface area contributed by atoms with E-state index in [1.807, 2.05) is 45.9 Å². The van der Waals surface area contributed by atoms with Crippen LogP contribution in [-0.2, 0) is 16.1 Å². The first-order valence-electron chi connectivity index (χ1n) is 8.92. The van der Waals surface area contributed by atoms with Gasteiger partial charge in [0.15, 0.2) is 6.10 Å². The van der Waals surface area contributed by atoms with Crippen LogP contribution in [0.3, 0.4) is 0 Å². The van der Waals surface area contributed by atoms with Crippen molar-refractivity contribution in [2.75, 3.05) is 5.32 Å². The quantitative estimate of drug-likeness (QED) is 0.745. The minimum atomic E-state index is -0.971. The molecular formula is C20H26ClN3O3. The van der Waals surface area contributed by atoms with Crippen LogP contribution in [0.1, 0.15) is 48.0 Å². The van der Waals surface area contributed by atoms with Gasteiger partial charge in [-0.25, -0.2) is 4.79 Å². The summed E-state index contributed by atoms with van der Waals surface area (Å²) in [6, 6.07) is 5.76. The average molecular weight is 392 g/mol. The number of ether oxygens (including phenoxy) is 1. The number of benzene rings is 1. The molecule has 0 fully saturated rings. The molecule has 0 aliphatic rings. The van der Waals surface area contributed by atoms with Crippen LogP contribution in [0.5, 0.6) is 0 Å². The first kappa shape index (κ1) is 21.0. The van der Waals surface area contributed by atoms with E-state index in [2.05, 4.69) is 10.4 Å². The van der Waals surface area contributed by atoms with E-state index in [1.165, 1.54) is 6.92 Å². The summed E-state index contributed by atoms with van der Waals surface area (Å²) in [5, 5.41) is 7.32. The number of amides is 1. The molecule has 2 rings (SSSR count). The van der Waals surface area contributed by atoms with Crippen LogP contribution >= 0.6 is 11.6 Å². The topological polar surface area (TPSA) is 73.2 Å². The lowest BCUT2D eigenvalue weighted by Crippen LogP contribution is -2.30. The molecule has 0 bridgehead atoms. The molecule has 0 radical (unpaired) electrons. The van der Waals surface area contributed by atoms with Crippen molar-refractivity contribution in [1.29, 1.82) is 0 Å². The smallest absolute Gasteiger partial charge is 0.343 e. The molecule has 1 aromatic carbocycles. The van der Waals surface area contributed by atoms with Gasteiger partial charge in [0, 0.05) is 12.2 Å². The molecule has 1 N–H and O–H groups in total. The third-order valence-electron chi connectivity index (χ3n) is 4.11. The Bertz CT molecular complexity index is 858. The molecule has 0 spiro atoms. The van der Waals surface area contributed by atoms with Gasteiger partial charge in [0.05, 0.1) is 5.69 Å². The second-order valence-electron chi connectivity index (χ2n) is 7.18. The number of carbonyl (C=O) groups is 2. The summed E-state index contributed by atoms with van der Waals surface area (Å²) in [6.07, 6.45) is -0.971. The summed E-state index contributed by atoms with van der Waals surface area (Å²) in [5.74, 6) is -0.732. The number of nitrogens with zero attached hydrogens (tertiary/aromatic N) is 2. The zero-order valence-electron chi connectivity index (χ0n) is 16.6. The van der Waals surface area contributed by atoms with Crippen LogP contribution in [0, 0.1) is 26.7 Å². The van der Waals surface area contributed by atoms with E-state index >= 15 is 0 Å². The summed E-state index contributed by atoms with van der Waals surface area (Å²) in [6.45, 7) is 11.7. The van der Waals surface area contributed by atoms with E-state index < -0.39 is 18.0 Å². The predicted octanol–water partition coefficient (Wildman–Crippen LogP) is 4.30. The number of hydrogen-bond donors (Lipinski definition) is 1. The Labute approximate surface area is 164 Å². The van der Waals surface area contributed by atoms with Gasteiger partial charge in [-0.15, -0.1) is 0 Å². The van der Waals surface area contributed by atoms with Crippen molar-refractivity contribution >= 4 is 29.2 Å². The number of rotatable bonds is 6. The van der Waals surface area contributed by atoms with Crippen LogP contribution < -0.4 is 5.32 Å². The number of aromatic nitrogens is 2. The first-order chi connectivity index (χ1) is 12.6. The summed E-state index contributed by atoms with van der Waals surface area (Å²) < 4.78 is 6.91. The van der Waals surface area contributed by atoms with Crippen LogP contribution in [0.15, 0.2) is 18.2 Å². The second-order valence-corrected chi connectivity index (χ2v) is 7.54. The van der Waals surface area contributed by atoms with Gasteiger partial charge in [-0.3, -0.25) is 9.48 Å². The Kier molecular flexibility index (Phi) is 6.65. The number of halogens is 1. The standard InChI is InChI=1S/C20H26ClN3O3/c1-11(2)10-24-18(21)17(14(5)23-24)20(26)27-15(6)19(25)22-16-9-12(3)7-8-13(16)4/h7-9,11,15H,10H2,1-6H3,(H,22,25)/t15-/m1/s1. The maximum atomic E-state index is 12.5. The Balaban J connectivity index is 2.10. The molecule has 0 aliphatic carbocycles. The molecule has 1 heterocycles. The average Bonchev–Trinajstić information content (AvgIpc) is 2.83. The Morgan fingerprint density at radius 2 is 1.89 bits per heavy atom. The van der Waals surface area contributed by atoms with Crippen molar-refractivity contribution in [3.05, 3.63) is 45.7 Å². The van der Waals surface area contributed by atoms with Crippen molar-refractivity contribution in [3.63, 3.8) is 0 Å². The van der Waals surface area contributed by atoms with Crippen molar-refractivity contribution in [2.24, 2.45) is 5.92 Å². The first-order valence-corrected chi connectivity index (χ1v) is 9.30. The fourth-order valence-electron chi connectivity index (χ4n) is 2.63. The van der Waals surface area contributed by atoms with Crippen LogP contribution in [0.2, 0.25) is 5.15 Å². The predicted molar refractivity (Wildman–Crippen MR) is 106 cm³/mol. The lowest BCUT2D eigenvalue weighted by molar-refractivity contribution is -0.123. The van der Waals surface area contributed by atoms with Crippen molar-refractivity contribution < 1.29 is 14.3 Å². The van der Waals surface area contributed by atoms with E-state index in [1.54, 1.807) is 11.6 Å². The molecule has 6 nitrogen and oxygen atoms in total. The molecule has 0 aliphatic heterocycles. The van der Waals surface area contributed by atoms with E-state index in [0.717, 1.165) is 11.1 Å². The van der Waals surface area contributed by atoms with Gasteiger partial charge in [0.2, 0.25) is 0 Å². The fraction of sp³-hybridized carbons (Fsp3) is 0.450. The van der Waals surface area contributed by atoms with Gasteiger partial charge in [-0.1, -0.05) is 37.6 Å². The highest BCUT2D eigenvalue weighted by atomic mass is 35.5. The molecule has 1 aromatic heterocycles. The molecule has 0 unspecified atom stereocenters. The van der Waals surface area contributed by atoms with E-state index in [9.17, 15) is 9.59 Å². The third-order valence-corrected chi connectivity index (χ3v) is 4.50. The Hall–Kier alpha value is -2.34. The summed E-state index contributed by atoms with van der Waals surface area (Å²) >= 11 is 6.30. The highest BCUT2D eigenvalue weighted by Crippen LogP contribution is 2.23. The molecule has 7 heteroatoms. The van der Waals surface area contributed by atoms with Crippen molar-refractivity contribution in [2.45, 2.75) is 54.2 Å². The maximum Gasteiger partial charge on any atom is 0.343 e. The normalized spacial score (nSPS) is 12.1. The maximum absolute atomic E-state index is 12.5. The minimum Gasteiger partial charge on any atom is -0.449 e. The highest BCUT2D eigenvalue weighted by Gasteiger charge is 2.26. The van der Waals surface area contributed by atoms with E-state index in [-0.39, 0.29) is 10.7 Å². The third kappa shape index (κ3) is 5.10. The van der Waals surface area contributed by atoms with Gasteiger partial charge in [-0.2, -0.15) is 5.10 Å². The summed E-state index contributed by atoms with van der Waals surface area (Å²) in [7, 11) is 0. The zero-order valence-corrected chi connectivity index (χ0v) is 17.3. The highest BCUT2D eigenvalue weighted by molar-refractivity contribution is 6.32.